The Kier molecular flexibility index (Phi) is 4.07. The fourth-order valence-electron chi connectivity index (χ4n) is 3.14. The van der Waals surface area contributed by atoms with Crippen LogP contribution in [0.25, 0.3) is 0 Å². The molecule has 0 spiro atoms. The highest BCUT2D eigenvalue weighted by molar-refractivity contribution is 5.97. The van der Waals surface area contributed by atoms with Crippen LogP contribution >= 0.6 is 0 Å². The highest BCUT2D eigenvalue weighted by Crippen LogP contribution is 2.37. The molecule has 2 N–H and O–H groups in total. The van der Waals surface area contributed by atoms with E-state index in [1.54, 1.807) is 24.3 Å². The Labute approximate surface area is 142 Å². The van der Waals surface area contributed by atoms with Gasteiger partial charge in [-0.05, 0) is 31.5 Å². The number of nitrogens with one attached hydrogen (secondary N) is 2. The molecule has 0 radical (unpaired) electrons. The summed E-state index contributed by atoms with van der Waals surface area (Å²) in [6.07, 6.45) is 0. The molecular weight excluding hydrogens is 328 g/mol. The van der Waals surface area contributed by atoms with Crippen LogP contribution in [0.4, 0.5) is 5.82 Å². The van der Waals surface area contributed by atoms with Crippen molar-refractivity contribution in [2.24, 2.45) is 0 Å². The number of rotatable bonds is 4. The van der Waals surface area contributed by atoms with E-state index in [9.17, 15) is 19.7 Å². The molecule has 1 aromatic carbocycles. The molecule has 0 aliphatic carbocycles. The molecule has 9 heteroatoms. The second-order valence-corrected chi connectivity index (χ2v) is 6.14. The monoisotopic (exact) mass is 346 g/mol. The highest BCUT2D eigenvalue weighted by Gasteiger charge is 2.48. The number of benzene rings is 1. The fraction of sp³-hybridized carbons (Fsp3) is 0.375. The lowest BCUT2D eigenvalue weighted by molar-refractivity contribution is -0.509. The highest BCUT2D eigenvalue weighted by atomic mass is 16.6. The Morgan fingerprint density at radius 3 is 2.40 bits per heavy atom. The van der Waals surface area contributed by atoms with Crippen molar-refractivity contribution in [3.05, 3.63) is 55.9 Å². The molecule has 1 aliphatic heterocycles. The Bertz CT molecular complexity index is 881. The van der Waals surface area contributed by atoms with Crippen LogP contribution in [0.3, 0.4) is 0 Å². The quantitative estimate of drug-likeness (QED) is 0.642. The fourth-order valence-corrected chi connectivity index (χ4v) is 3.14. The lowest BCUT2D eigenvalue weighted by atomic mass is 9.83. The summed E-state index contributed by atoms with van der Waals surface area (Å²) in [6.45, 7) is 3.68. The predicted octanol–water partition coefficient (Wildman–Crippen LogP) is 1.50. The lowest BCUT2D eigenvalue weighted by Crippen LogP contribution is -2.45. The van der Waals surface area contributed by atoms with E-state index in [4.69, 9.17) is 4.74 Å². The number of hydrogen-bond donors (Lipinski definition) is 2. The molecule has 0 bridgehead atoms. The zero-order valence-corrected chi connectivity index (χ0v) is 14.0. The van der Waals surface area contributed by atoms with Gasteiger partial charge >= 0.3 is 11.9 Å². The molecule has 2 atom stereocenters. The maximum Gasteiger partial charge on any atom is 0.301 e. The number of nitro groups is 1. The van der Waals surface area contributed by atoms with Gasteiger partial charge in [0.2, 0.25) is 0 Å². The van der Waals surface area contributed by atoms with Crippen molar-refractivity contribution >= 4 is 11.7 Å². The van der Waals surface area contributed by atoms with Gasteiger partial charge in [-0.1, -0.05) is 12.1 Å². The molecule has 1 aliphatic rings. The normalized spacial score (nSPS) is 19.4. The van der Waals surface area contributed by atoms with Crippen LogP contribution in [0.2, 0.25) is 0 Å². The van der Waals surface area contributed by atoms with Crippen molar-refractivity contribution in [3.63, 3.8) is 0 Å². The van der Waals surface area contributed by atoms with Gasteiger partial charge in [0.1, 0.15) is 11.6 Å². The number of methoxy groups -OCH3 is 1. The first kappa shape index (κ1) is 16.7. The van der Waals surface area contributed by atoms with E-state index in [0.717, 1.165) is 0 Å². The average molecular weight is 346 g/mol. The number of carbonyl (C=O) groups excluding carboxylic acids is 1. The number of ether oxygens (including phenoxy) is 1. The van der Waals surface area contributed by atoms with E-state index in [2.05, 4.69) is 10.4 Å². The largest absolute Gasteiger partial charge is 0.497 e. The lowest BCUT2D eigenvalue weighted by Gasteiger charge is -2.26. The van der Waals surface area contributed by atoms with E-state index in [-0.39, 0.29) is 17.4 Å². The summed E-state index contributed by atoms with van der Waals surface area (Å²) in [4.78, 5) is 35.8. The van der Waals surface area contributed by atoms with Gasteiger partial charge in [-0.2, -0.15) is 0 Å². The molecule has 1 aromatic heterocycles. The van der Waals surface area contributed by atoms with Crippen molar-refractivity contribution in [1.29, 1.82) is 0 Å². The summed E-state index contributed by atoms with van der Waals surface area (Å²) in [5, 5.41) is 16.7. The number of anilines is 1. The van der Waals surface area contributed by atoms with Crippen molar-refractivity contribution in [2.45, 2.75) is 31.8 Å². The first-order valence-electron chi connectivity index (χ1n) is 7.77. The molecule has 1 amide bonds. The van der Waals surface area contributed by atoms with Gasteiger partial charge in [-0.15, -0.1) is 0 Å². The van der Waals surface area contributed by atoms with E-state index < -0.39 is 28.3 Å². The van der Waals surface area contributed by atoms with Crippen LogP contribution in [-0.2, 0) is 4.79 Å². The molecule has 3 rings (SSSR count). The molecule has 0 fully saturated rings. The number of fused-ring (bicyclic) bond motifs is 1. The van der Waals surface area contributed by atoms with Crippen molar-refractivity contribution in [3.8, 4) is 5.75 Å². The Balaban J connectivity index is 2.23. The molecule has 25 heavy (non-hydrogen) atoms. The van der Waals surface area contributed by atoms with Crippen LogP contribution < -0.4 is 15.6 Å². The maximum absolute atomic E-state index is 12.5. The summed E-state index contributed by atoms with van der Waals surface area (Å²) >= 11 is 0. The maximum atomic E-state index is 12.5. The third-order valence-electron chi connectivity index (χ3n) is 4.32. The van der Waals surface area contributed by atoms with Crippen LogP contribution in [0, 0.1) is 10.1 Å². The second-order valence-electron chi connectivity index (χ2n) is 6.14. The minimum atomic E-state index is -1.58. The number of nitrogens with zero attached hydrogens (tertiary/aromatic N) is 2. The second kappa shape index (κ2) is 6.08. The Morgan fingerprint density at radius 2 is 1.88 bits per heavy atom. The molecular formula is C16H18N4O5. The van der Waals surface area contributed by atoms with Gasteiger partial charge in [0.05, 0.1) is 18.6 Å². The van der Waals surface area contributed by atoms with Crippen LogP contribution in [-0.4, -0.2) is 33.8 Å². The number of carbonyl (C=O) groups is 1. The smallest absolute Gasteiger partial charge is 0.301 e. The van der Waals surface area contributed by atoms with E-state index in [1.807, 2.05) is 13.8 Å². The summed E-state index contributed by atoms with van der Waals surface area (Å²) < 4.78 is 6.61. The van der Waals surface area contributed by atoms with Gasteiger partial charge < -0.3 is 10.1 Å². The minimum absolute atomic E-state index is 0.125. The predicted molar refractivity (Wildman–Crippen MR) is 89.7 cm³/mol. The molecule has 132 valence electrons. The van der Waals surface area contributed by atoms with Crippen LogP contribution in [0.5, 0.6) is 5.75 Å². The number of H-pyrrole nitrogens is 1. The Hall–Kier alpha value is -3.10. The molecule has 2 unspecified atom stereocenters. The van der Waals surface area contributed by atoms with Gasteiger partial charge in [0.25, 0.3) is 5.56 Å². The molecule has 0 saturated heterocycles. The molecule has 2 aromatic rings. The van der Waals surface area contributed by atoms with Crippen molar-refractivity contribution < 1.29 is 14.5 Å². The van der Waals surface area contributed by atoms with Gasteiger partial charge in [-0.25, -0.2) is 0 Å². The molecule has 2 heterocycles. The van der Waals surface area contributed by atoms with Crippen LogP contribution in [0.15, 0.2) is 29.1 Å². The van der Waals surface area contributed by atoms with E-state index >= 15 is 0 Å². The molecule has 9 nitrogen and oxygen atoms in total. The van der Waals surface area contributed by atoms with E-state index in [0.29, 0.717) is 11.3 Å². The van der Waals surface area contributed by atoms with Gasteiger partial charge in [0.15, 0.2) is 0 Å². The number of aromatic nitrogens is 2. The standard InChI is InChI=1S/C16H18N4O5/c1-8(2)19-14-12(15(21)18-19)11(13(20(23)24)16(22)17-14)9-4-6-10(25-3)7-5-9/h4-8,11,13H,1-3H3,(H,17,22)(H,18,21). The zero-order chi connectivity index (χ0) is 18.3. The SMILES string of the molecule is COc1ccc(C2c3c(n(C(C)C)[nH]c3=O)NC(=O)C2[N+](=O)[O-])cc1. The average Bonchev–Trinajstić information content (AvgIpc) is 2.90. The minimum Gasteiger partial charge on any atom is -0.497 e. The summed E-state index contributed by atoms with van der Waals surface area (Å²) in [5.41, 5.74) is 0.252. The summed E-state index contributed by atoms with van der Waals surface area (Å²) in [6, 6.07) is 4.85. The van der Waals surface area contributed by atoms with Gasteiger partial charge in [-0.3, -0.25) is 29.5 Å². The van der Waals surface area contributed by atoms with Crippen molar-refractivity contribution in [2.75, 3.05) is 12.4 Å². The van der Waals surface area contributed by atoms with Crippen LogP contribution in [0.1, 0.15) is 36.9 Å². The number of amides is 1. The number of aromatic amines is 1. The topological polar surface area (TPSA) is 119 Å². The third kappa shape index (κ3) is 2.67. The summed E-state index contributed by atoms with van der Waals surface area (Å²) in [5.74, 6) is -0.861. The van der Waals surface area contributed by atoms with E-state index in [1.165, 1.54) is 11.8 Å². The third-order valence-corrected chi connectivity index (χ3v) is 4.32. The van der Waals surface area contributed by atoms with Gasteiger partial charge in [0, 0.05) is 11.0 Å². The molecule has 0 saturated carbocycles. The Morgan fingerprint density at radius 1 is 1.24 bits per heavy atom. The summed E-state index contributed by atoms with van der Waals surface area (Å²) in [7, 11) is 1.51. The zero-order valence-electron chi connectivity index (χ0n) is 14.0. The van der Waals surface area contributed by atoms with Crippen molar-refractivity contribution in [1.82, 2.24) is 9.78 Å². The first-order valence-corrected chi connectivity index (χ1v) is 7.77. The first-order chi connectivity index (χ1) is 11.8. The number of hydrogen-bond acceptors (Lipinski definition) is 5.